The van der Waals surface area contributed by atoms with Crippen LogP contribution in [0.5, 0.6) is 0 Å². The van der Waals surface area contributed by atoms with Crippen LogP contribution in [0.3, 0.4) is 0 Å². The molecule has 0 saturated carbocycles. The molecule has 0 aliphatic heterocycles. The summed E-state index contributed by atoms with van der Waals surface area (Å²) < 4.78 is 0. The lowest BCUT2D eigenvalue weighted by Crippen LogP contribution is -2.39. The van der Waals surface area contributed by atoms with Crippen molar-refractivity contribution in [2.75, 3.05) is 11.9 Å². The Morgan fingerprint density at radius 3 is 2.42 bits per heavy atom. The molecule has 1 aromatic carbocycles. The van der Waals surface area contributed by atoms with Gasteiger partial charge in [-0.1, -0.05) is 44.0 Å². The van der Waals surface area contributed by atoms with Crippen molar-refractivity contribution < 1.29 is 9.59 Å². The lowest BCUT2D eigenvalue weighted by atomic mass is 9.96. The molecule has 0 atom stereocenters. The van der Waals surface area contributed by atoms with Crippen molar-refractivity contribution in [3.8, 4) is 0 Å². The van der Waals surface area contributed by atoms with E-state index in [0.717, 1.165) is 0 Å². The average molecular weight is 303 g/mol. The number of hydrogen-bond acceptors (Lipinski definition) is 2. The van der Waals surface area contributed by atoms with Crippen LogP contribution >= 0.6 is 23.2 Å². The lowest BCUT2D eigenvalue weighted by molar-refractivity contribution is -0.130. The number of carbonyl (C=O) groups is 2. The van der Waals surface area contributed by atoms with Gasteiger partial charge in [0, 0.05) is 10.4 Å². The SMILES string of the molecule is CC(C)(C)C(=O)NCC(=O)Nc1cc(Cl)ccc1Cl. The van der Waals surface area contributed by atoms with E-state index >= 15 is 0 Å². The fourth-order valence-corrected chi connectivity index (χ4v) is 1.55. The highest BCUT2D eigenvalue weighted by atomic mass is 35.5. The van der Waals surface area contributed by atoms with E-state index in [1.54, 1.807) is 39.0 Å². The predicted molar refractivity (Wildman–Crippen MR) is 77.6 cm³/mol. The van der Waals surface area contributed by atoms with Crippen molar-refractivity contribution in [1.29, 1.82) is 0 Å². The van der Waals surface area contributed by atoms with Crippen LogP contribution in [0.15, 0.2) is 18.2 Å². The number of hydrogen-bond donors (Lipinski definition) is 2. The van der Waals surface area contributed by atoms with Crippen molar-refractivity contribution in [3.05, 3.63) is 28.2 Å². The van der Waals surface area contributed by atoms with E-state index in [0.29, 0.717) is 15.7 Å². The largest absolute Gasteiger partial charge is 0.347 e. The van der Waals surface area contributed by atoms with Crippen molar-refractivity contribution in [1.82, 2.24) is 5.32 Å². The van der Waals surface area contributed by atoms with E-state index < -0.39 is 5.41 Å². The first-order valence-electron chi connectivity index (χ1n) is 5.73. The van der Waals surface area contributed by atoms with Crippen LogP contribution in [0.25, 0.3) is 0 Å². The smallest absolute Gasteiger partial charge is 0.243 e. The van der Waals surface area contributed by atoms with Gasteiger partial charge in [-0.2, -0.15) is 0 Å². The van der Waals surface area contributed by atoms with Crippen LogP contribution in [-0.2, 0) is 9.59 Å². The molecule has 2 amide bonds. The Morgan fingerprint density at radius 2 is 1.84 bits per heavy atom. The van der Waals surface area contributed by atoms with Gasteiger partial charge in [-0.15, -0.1) is 0 Å². The first-order valence-corrected chi connectivity index (χ1v) is 6.49. The van der Waals surface area contributed by atoms with E-state index in [1.807, 2.05) is 0 Å². The molecule has 2 N–H and O–H groups in total. The Balaban J connectivity index is 2.57. The van der Waals surface area contributed by atoms with Gasteiger partial charge in [-0.05, 0) is 18.2 Å². The molecular weight excluding hydrogens is 287 g/mol. The van der Waals surface area contributed by atoms with Gasteiger partial charge in [0.1, 0.15) is 0 Å². The molecule has 0 radical (unpaired) electrons. The van der Waals surface area contributed by atoms with Crippen LogP contribution in [-0.4, -0.2) is 18.4 Å². The number of benzene rings is 1. The first-order chi connectivity index (χ1) is 8.70. The molecule has 0 aromatic heterocycles. The summed E-state index contributed by atoms with van der Waals surface area (Å²) in [5.41, 5.74) is -0.113. The third kappa shape index (κ3) is 5.09. The fourth-order valence-electron chi connectivity index (χ4n) is 1.21. The zero-order valence-corrected chi connectivity index (χ0v) is 12.5. The summed E-state index contributed by atoms with van der Waals surface area (Å²) in [5.74, 6) is -0.554. The molecule has 6 heteroatoms. The minimum atomic E-state index is -0.534. The van der Waals surface area contributed by atoms with Gasteiger partial charge in [0.2, 0.25) is 11.8 Å². The molecule has 0 unspecified atom stereocenters. The number of rotatable bonds is 3. The standard InChI is InChI=1S/C13H16Cl2N2O2/c1-13(2,3)12(19)16-7-11(18)17-10-6-8(14)4-5-9(10)15/h4-6H,7H2,1-3H3,(H,16,19)(H,17,18). The second-order valence-corrected chi connectivity index (χ2v) is 5.95. The van der Waals surface area contributed by atoms with Crippen molar-refractivity contribution in [2.45, 2.75) is 20.8 Å². The van der Waals surface area contributed by atoms with Crippen molar-refractivity contribution >= 4 is 40.7 Å². The quantitative estimate of drug-likeness (QED) is 0.901. The summed E-state index contributed by atoms with van der Waals surface area (Å²) in [6, 6.07) is 4.77. The molecule has 104 valence electrons. The summed E-state index contributed by atoms with van der Waals surface area (Å²) >= 11 is 11.7. The Morgan fingerprint density at radius 1 is 1.21 bits per heavy atom. The summed E-state index contributed by atoms with van der Waals surface area (Å²) in [6.45, 7) is 5.20. The highest BCUT2D eigenvalue weighted by Crippen LogP contribution is 2.25. The molecular formula is C13H16Cl2N2O2. The number of carbonyl (C=O) groups excluding carboxylic acids is 2. The molecule has 0 spiro atoms. The molecule has 0 aliphatic carbocycles. The van der Waals surface area contributed by atoms with Crippen LogP contribution in [0.1, 0.15) is 20.8 Å². The number of amides is 2. The summed E-state index contributed by atoms with van der Waals surface area (Å²) in [7, 11) is 0. The van der Waals surface area contributed by atoms with Gasteiger partial charge in [0.15, 0.2) is 0 Å². The lowest BCUT2D eigenvalue weighted by Gasteiger charge is -2.17. The van der Waals surface area contributed by atoms with Crippen LogP contribution in [0.4, 0.5) is 5.69 Å². The summed E-state index contributed by atoms with van der Waals surface area (Å²) in [5, 5.41) is 6.00. The van der Waals surface area contributed by atoms with Crippen LogP contribution < -0.4 is 10.6 Å². The van der Waals surface area contributed by atoms with Crippen molar-refractivity contribution in [3.63, 3.8) is 0 Å². The van der Waals surface area contributed by atoms with Gasteiger partial charge < -0.3 is 10.6 Å². The van der Waals surface area contributed by atoms with Crippen molar-refractivity contribution in [2.24, 2.45) is 5.41 Å². The van der Waals surface area contributed by atoms with Gasteiger partial charge in [0.05, 0.1) is 17.3 Å². The van der Waals surface area contributed by atoms with E-state index in [2.05, 4.69) is 10.6 Å². The third-order valence-electron chi connectivity index (χ3n) is 2.29. The monoisotopic (exact) mass is 302 g/mol. The van der Waals surface area contributed by atoms with Gasteiger partial charge in [0.25, 0.3) is 0 Å². The zero-order chi connectivity index (χ0) is 14.6. The maximum Gasteiger partial charge on any atom is 0.243 e. The van der Waals surface area contributed by atoms with E-state index in [-0.39, 0.29) is 18.4 Å². The molecule has 0 fully saturated rings. The van der Waals surface area contributed by atoms with Crippen LogP contribution in [0.2, 0.25) is 10.0 Å². The Bertz CT molecular complexity index is 496. The van der Waals surface area contributed by atoms with Gasteiger partial charge >= 0.3 is 0 Å². The van der Waals surface area contributed by atoms with Gasteiger partial charge in [-0.25, -0.2) is 0 Å². The van der Waals surface area contributed by atoms with Gasteiger partial charge in [-0.3, -0.25) is 9.59 Å². The topological polar surface area (TPSA) is 58.2 Å². The highest BCUT2D eigenvalue weighted by molar-refractivity contribution is 6.35. The number of halogens is 2. The molecule has 0 saturated heterocycles. The normalized spacial score (nSPS) is 11.0. The minimum Gasteiger partial charge on any atom is -0.347 e. The number of anilines is 1. The predicted octanol–water partition coefficient (Wildman–Crippen LogP) is 3.09. The molecule has 0 bridgehead atoms. The molecule has 4 nitrogen and oxygen atoms in total. The van der Waals surface area contributed by atoms with E-state index in [9.17, 15) is 9.59 Å². The maximum atomic E-state index is 11.7. The Labute approximate surface area is 122 Å². The molecule has 0 aliphatic rings. The third-order valence-corrected chi connectivity index (χ3v) is 2.86. The average Bonchev–Trinajstić information content (AvgIpc) is 2.29. The molecule has 1 aromatic rings. The molecule has 0 heterocycles. The van der Waals surface area contributed by atoms with Crippen LogP contribution in [0, 0.1) is 5.41 Å². The van der Waals surface area contributed by atoms with E-state index in [4.69, 9.17) is 23.2 Å². The highest BCUT2D eigenvalue weighted by Gasteiger charge is 2.21. The zero-order valence-electron chi connectivity index (χ0n) is 11.0. The summed E-state index contributed by atoms with van der Waals surface area (Å²) in [4.78, 5) is 23.3. The van der Waals surface area contributed by atoms with E-state index in [1.165, 1.54) is 0 Å². The number of nitrogens with one attached hydrogen (secondary N) is 2. The first kappa shape index (κ1) is 15.8. The molecule has 19 heavy (non-hydrogen) atoms. The maximum absolute atomic E-state index is 11.7. The second-order valence-electron chi connectivity index (χ2n) is 5.11. The minimum absolute atomic E-state index is 0.112. The Hall–Kier alpha value is -1.26. The second kappa shape index (κ2) is 6.26. The molecule has 1 rings (SSSR count). The fraction of sp³-hybridized carbons (Fsp3) is 0.385. The summed E-state index contributed by atoms with van der Waals surface area (Å²) in [6.07, 6.45) is 0. The Kier molecular flexibility index (Phi) is 5.20.